The summed E-state index contributed by atoms with van der Waals surface area (Å²) in [5, 5.41) is 0.945. The summed E-state index contributed by atoms with van der Waals surface area (Å²) in [6.45, 7) is 3.59. The fourth-order valence-electron chi connectivity index (χ4n) is 2.35. The Kier molecular flexibility index (Phi) is 4.06. The number of anilines is 1. The summed E-state index contributed by atoms with van der Waals surface area (Å²) in [5.74, 6) is 0. The first kappa shape index (κ1) is 14.9. The Balaban J connectivity index is 2.79. The molecule has 5 heteroatoms. The molecule has 20 heavy (non-hydrogen) atoms. The lowest BCUT2D eigenvalue weighted by Crippen LogP contribution is -2.10. The molecule has 0 N–H and O–H groups in total. The molecule has 0 saturated carbocycles. The van der Waals surface area contributed by atoms with E-state index in [0.717, 1.165) is 16.5 Å². The summed E-state index contributed by atoms with van der Waals surface area (Å²) < 4.78 is 23.4. The summed E-state index contributed by atoms with van der Waals surface area (Å²) in [5.41, 5.74) is 1.68. The van der Waals surface area contributed by atoms with Gasteiger partial charge in [0.15, 0.2) is 0 Å². The van der Waals surface area contributed by atoms with Crippen LogP contribution in [0.15, 0.2) is 49.1 Å². The van der Waals surface area contributed by atoms with Crippen LogP contribution in [-0.2, 0) is 9.05 Å². The number of hydrogen-bond donors (Lipinski definition) is 0. The number of benzene rings is 2. The predicted molar refractivity (Wildman–Crippen MR) is 86.0 cm³/mol. The van der Waals surface area contributed by atoms with Crippen molar-refractivity contribution < 1.29 is 8.42 Å². The maximum Gasteiger partial charge on any atom is 0.243 e. The molecule has 2 rings (SSSR count). The van der Waals surface area contributed by atoms with Crippen LogP contribution in [0.4, 0.5) is 5.69 Å². The number of rotatable bonds is 4. The van der Waals surface area contributed by atoms with Crippen LogP contribution in [0, 0.1) is 0 Å². The van der Waals surface area contributed by atoms with Crippen molar-refractivity contribution in [1.29, 1.82) is 0 Å². The minimum absolute atomic E-state index is 0.649. The molecule has 0 aliphatic heterocycles. The second-order valence-electron chi connectivity index (χ2n) is 4.75. The zero-order valence-electron chi connectivity index (χ0n) is 11.4. The predicted octanol–water partition coefficient (Wildman–Crippen LogP) is 3.70. The van der Waals surface area contributed by atoms with E-state index in [1.807, 2.05) is 49.3 Å². The Labute approximate surface area is 123 Å². The highest BCUT2D eigenvalue weighted by Crippen LogP contribution is 2.35. The number of halogens is 1. The Morgan fingerprint density at radius 2 is 1.75 bits per heavy atom. The molecule has 1 atom stereocenters. The van der Waals surface area contributed by atoms with Crippen LogP contribution in [-0.4, -0.2) is 22.5 Å². The molecule has 0 fully saturated rings. The molecule has 0 aliphatic carbocycles. The van der Waals surface area contributed by atoms with Gasteiger partial charge in [-0.3, -0.25) is 0 Å². The molecule has 0 bridgehead atoms. The van der Waals surface area contributed by atoms with E-state index in [0.29, 0.717) is 5.56 Å². The molecule has 1 unspecified atom stereocenters. The molecule has 3 nitrogen and oxygen atoms in total. The molecular weight excluding hydrogens is 294 g/mol. The molecule has 106 valence electrons. The molecule has 2 aromatic rings. The second-order valence-corrected chi connectivity index (χ2v) is 7.50. The van der Waals surface area contributed by atoms with Gasteiger partial charge < -0.3 is 4.90 Å². The van der Waals surface area contributed by atoms with Gasteiger partial charge in [0, 0.05) is 35.9 Å². The molecule has 2 aromatic carbocycles. The van der Waals surface area contributed by atoms with E-state index in [9.17, 15) is 8.42 Å². The SMILES string of the molecule is C=CC(c1cccc2c(N(C)C)cccc12)S(=O)(=O)Cl. The minimum Gasteiger partial charge on any atom is -0.377 e. The molecule has 0 spiro atoms. The summed E-state index contributed by atoms with van der Waals surface area (Å²) in [7, 11) is 5.67. The highest BCUT2D eigenvalue weighted by Gasteiger charge is 2.23. The van der Waals surface area contributed by atoms with Crippen molar-refractivity contribution in [2.24, 2.45) is 0 Å². The first-order valence-corrected chi connectivity index (χ1v) is 8.48. The van der Waals surface area contributed by atoms with Crippen LogP contribution >= 0.6 is 10.7 Å². The van der Waals surface area contributed by atoms with Gasteiger partial charge in [-0.2, -0.15) is 0 Å². The molecule has 0 saturated heterocycles. The summed E-state index contributed by atoms with van der Waals surface area (Å²) in [4.78, 5) is 1.99. The normalized spacial score (nSPS) is 13.2. The van der Waals surface area contributed by atoms with Crippen LogP contribution in [0.25, 0.3) is 10.8 Å². The van der Waals surface area contributed by atoms with Gasteiger partial charge in [-0.25, -0.2) is 8.42 Å². The van der Waals surface area contributed by atoms with Crippen LogP contribution in [0.5, 0.6) is 0 Å². The summed E-state index contributed by atoms with van der Waals surface area (Å²) >= 11 is 0. The highest BCUT2D eigenvalue weighted by molar-refractivity contribution is 8.14. The van der Waals surface area contributed by atoms with Gasteiger partial charge in [0.25, 0.3) is 0 Å². The first-order chi connectivity index (χ1) is 9.36. The van der Waals surface area contributed by atoms with Crippen LogP contribution in [0.3, 0.4) is 0 Å². The van der Waals surface area contributed by atoms with Gasteiger partial charge >= 0.3 is 0 Å². The van der Waals surface area contributed by atoms with E-state index in [4.69, 9.17) is 10.7 Å². The van der Waals surface area contributed by atoms with E-state index >= 15 is 0 Å². The van der Waals surface area contributed by atoms with Crippen molar-refractivity contribution >= 4 is 36.2 Å². The van der Waals surface area contributed by atoms with Gasteiger partial charge in [-0.05, 0) is 17.0 Å². The largest absolute Gasteiger partial charge is 0.377 e. The van der Waals surface area contributed by atoms with Crippen molar-refractivity contribution in [2.45, 2.75) is 5.25 Å². The molecule has 0 radical (unpaired) electrons. The molecule has 0 aliphatic rings. The maximum absolute atomic E-state index is 11.7. The van der Waals surface area contributed by atoms with Crippen LogP contribution in [0.1, 0.15) is 10.8 Å². The first-order valence-electron chi connectivity index (χ1n) is 6.11. The van der Waals surface area contributed by atoms with Crippen molar-refractivity contribution in [2.75, 3.05) is 19.0 Å². The number of nitrogens with zero attached hydrogens (tertiary/aromatic N) is 1. The van der Waals surface area contributed by atoms with Crippen molar-refractivity contribution in [3.8, 4) is 0 Å². The molecule has 0 heterocycles. The Morgan fingerprint density at radius 1 is 1.15 bits per heavy atom. The topological polar surface area (TPSA) is 37.4 Å². The zero-order chi connectivity index (χ0) is 14.9. The van der Waals surface area contributed by atoms with Gasteiger partial charge in [-0.15, -0.1) is 6.58 Å². The minimum atomic E-state index is -3.75. The Hall–Kier alpha value is -1.52. The lowest BCUT2D eigenvalue weighted by molar-refractivity contribution is 0.604. The van der Waals surface area contributed by atoms with Crippen molar-refractivity contribution in [1.82, 2.24) is 0 Å². The molecule has 0 amide bonds. The van der Waals surface area contributed by atoms with Crippen molar-refractivity contribution in [3.05, 3.63) is 54.6 Å². The zero-order valence-corrected chi connectivity index (χ0v) is 12.9. The summed E-state index contributed by atoms with van der Waals surface area (Å²) in [6, 6.07) is 11.4. The van der Waals surface area contributed by atoms with Crippen LogP contribution < -0.4 is 4.90 Å². The second kappa shape index (κ2) is 5.46. The van der Waals surface area contributed by atoms with Gasteiger partial charge in [0.1, 0.15) is 5.25 Å². The van der Waals surface area contributed by atoms with E-state index in [2.05, 4.69) is 6.58 Å². The van der Waals surface area contributed by atoms with E-state index in [1.165, 1.54) is 6.08 Å². The maximum atomic E-state index is 11.7. The third-order valence-electron chi connectivity index (χ3n) is 3.24. The fourth-order valence-corrected chi connectivity index (χ4v) is 3.59. The standard InChI is InChI=1S/C15H16ClNO2S/c1-4-15(20(16,18)19)13-9-5-8-12-11(13)7-6-10-14(12)17(2)3/h4-10,15H,1H2,2-3H3. The van der Waals surface area contributed by atoms with Gasteiger partial charge in [0.2, 0.25) is 9.05 Å². The average molecular weight is 310 g/mol. The van der Waals surface area contributed by atoms with E-state index in [-0.39, 0.29) is 0 Å². The Bertz CT molecular complexity index is 754. The lowest BCUT2D eigenvalue weighted by Gasteiger charge is -2.18. The fraction of sp³-hybridized carbons (Fsp3) is 0.200. The molecular formula is C15H16ClNO2S. The average Bonchev–Trinajstić information content (AvgIpc) is 2.37. The summed E-state index contributed by atoms with van der Waals surface area (Å²) in [6.07, 6.45) is 1.36. The monoisotopic (exact) mass is 309 g/mol. The highest BCUT2D eigenvalue weighted by atomic mass is 35.7. The van der Waals surface area contributed by atoms with Gasteiger partial charge in [-0.1, -0.05) is 36.4 Å². The smallest absolute Gasteiger partial charge is 0.243 e. The molecule has 0 aromatic heterocycles. The van der Waals surface area contributed by atoms with E-state index < -0.39 is 14.3 Å². The third kappa shape index (κ3) is 2.67. The number of hydrogen-bond acceptors (Lipinski definition) is 3. The Morgan fingerprint density at radius 3 is 2.30 bits per heavy atom. The number of fused-ring (bicyclic) bond motifs is 1. The van der Waals surface area contributed by atoms with E-state index in [1.54, 1.807) is 6.07 Å². The van der Waals surface area contributed by atoms with Crippen LogP contribution in [0.2, 0.25) is 0 Å². The van der Waals surface area contributed by atoms with Crippen molar-refractivity contribution in [3.63, 3.8) is 0 Å². The lowest BCUT2D eigenvalue weighted by atomic mass is 10.0. The quantitative estimate of drug-likeness (QED) is 0.638. The van der Waals surface area contributed by atoms with Gasteiger partial charge in [0.05, 0.1) is 0 Å². The third-order valence-corrected chi connectivity index (χ3v) is 4.87.